The second kappa shape index (κ2) is 4.54. The van der Waals surface area contributed by atoms with Crippen LogP contribution >= 0.6 is 0 Å². The highest BCUT2D eigenvalue weighted by Gasteiger charge is 2.25. The van der Waals surface area contributed by atoms with Gasteiger partial charge in [0.15, 0.2) is 0 Å². The van der Waals surface area contributed by atoms with Gasteiger partial charge in [-0.3, -0.25) is 4.79 Å². The lowest BCUT2D eigenvalue weighted by atomic mass is 9.88. The van der Waals surface area contributed by atoms with Crippen LogP contribution in [0.15, 0.2) is 16.9 Å². The zero-order valence-electron chi connectivity index (χ0n) is 12.7. The minimum Gasteiger partial charge on any atom is -0.322 e. The van der Waals surface area contributed by atoms with E-state index in [0.29, 0.717) is 5.56 Å². The lowest BCUT2D eigenvalue weighted by molar-refractivity contribution is 0.451. The van der Waals surface area contributed by atoms with Crippen LogP contribution in [0.3, 0.4) is 0 Å². The normalized spacial score (nSPS) is 13.2. The monoisotopic (exact) mass is 250 g/mol. The molecule has 0 amide bonds. The first-order chi connectivity index (χ1) is 7.96. The molecule has 1 heterocycles. The highest BCUT2D eigenvalue weighted by Crippen LogP contribution is 2.25. The van der Waals surface area contributed by atoms with E-state index in [-0.39, 0.29) is 17.0 Å². The van der Waals surface area contributed by atoms with Gasteiger partial charge in [0.05, 0.1) is 0 Å². The van der Waals surface area contributed by atoms with E-state index >= 15 is 0 Å². The van der Waals surface area contributed by atoms with E-state index in [1.165, 1.54) is 0 Å². The van der Waals surface area contributed by atoms with Crippen LogP contribution in [0.1, 0.15) is 65.8 Å². The van der Waals surface area contributed by atoms with Gasteiger partial charge in [-0.2, -0.15) is 0 Å². The van der Waals surface area contributed by atoms with Crippen molar-refractivity contribution in [2.45, 2.75) is 65.5 Å². The van der Waals surface area contributed by atoms with Crippen molar-refractivity contribution in [2.24, 2.45) is 5.73 Å². The summed E-state index contributed by atoms with van der Waals surface area (Å²) in [5.41, 5.74) is 7.16. The minimum absolute atomic E-state index is 0.0323. The first kappa shape index (κ1) is 15.0. The molecule has 0 radical (unpaired) electrons. The molecule has 0 aliphatic rings. The molecular weight excluding hydrogens is 224 g/mol. The summed E-state index contributed by atoms with van der Waals surface area (Å²) >= 11 is 0. The summed E-state index contributed by atoms with van der Waals surface area (Å²) in [6, 6.07) is 4.04. The molecule has 0 aliphatic carbocycles. The van der Waals surface area contributed by atoms with Crippen LogP contribution in [0.5, 0.6) is 0 Å². The van der Waals surface area contributed by atoms with Crippen molar-refractivity contribution in [1.82, 2.24) is 4.57 Å². The molecule has 0 unspecified atom stereocenters. The number of hydrogen-bond donors (Lipinski definition) is 1. The molecule has 18 heavy (non-hydrogen) atoms. The lowest BCUT2D eigenvalue weighted by Gasteiger charge is -2.29. The number of nitrogens with two attached hydrogens (primary N) is 1. The van der Waals surface area contributed by atoms with Gasteiger partial charge in [0.25, 0.3) is 5.56 Å². The summed E-state index contributed by atoms with van der Waals surface area (Å²) in [5.74, 6) is 0. The molecule has 0 atom stereocenters. The van der Waals surface area contributed by atoms with Crippen molar-refractivity contribution >= 4 is 0 Å². The SMILES string of the molecule is CC(C)n1c(C(C)(C)C)ccc(C(C)(C)N)c1=O. The molecule has 0 spiro atoms. The molecule has 1 rings (SSSR count). The standard InChI is InChI=1S/C15H26N2O/c1-10(2)17-12(14(3,4)5)9-8-11(13(17)18)15(6,7)16/h8-10H,16H2,1-7H3. The summed E-state index contributed by atoms with van der Waals surface area (Å²) in [6.07, 6.45) is 0. The molecule has 3 heteroatoms. The van der Waals surface area contributed by atoms with Gasteiger partial charge in [0.1, 0.15) is 0 Å². The fraction of sp³-hybridized carbons (Fsp3) is 0.667. The second-order valence-electron chi connectivity index (χ2n) is 6.87. The number of hydrogen-bond acceptors (Lipinski definition) is 2. The van der Waals surface area contributed by atoms with Gasteiger partial charge in [-0.1, -0.05) is 20.8 Å². The zero-order chi connectivity index (χ0) is 14.3. The molecule has 0 fully saturated rings. The Morgan fingerprint density at radius 1 is 1.11 bits per heavy atom. The van der Waals surface area contributed by atoms with Crippen molar-refractivity contribution in [3.8, 4) is 0 Å². The summed E-state index contributed by atoms with van der Waals surface area (Å²) in [5, 5.41) is 0. The summed E-state index contributed by atoms with van der Waals surface area (Å²) in [6.45, 7) is 14.2. The van der Waals surface area contributed by atoms with E-state index in [9.17, 15) is 4.79 Å². The van der Waals surface area contributed by atoms with E-state index in [2.05, 4.69) is 20.8 Å². The Hall–Kier alpha value is -1.09. The van der Waals surface area contributed by atoms with E-state index in [1.54, 1.807) is 0 Å². The van der Waals surface area contributed by atoms with Crippen LogP contribution in [-0.4, -0.2) is 4.57 Å². The first-order valence-corrected chi connectivity index (χ1v) is 6.51. The largest absolute Gasteiger partial charge is 0.322 e. The summed E-state index contributed by atoms with van der Waals surface area (Å²) in [4.78, 5) is 12.6. The van der Waals surface area contributed by atoms with Crippen molar-refractivity contribution < 1.29 is 0 Å². The van der Waals surface area contributed by atoms with Crippen LogP contribution in [0.4, 0.5) is 0 Å². The van der Waals surface area contributed by atoms with E-state index in [0.717, 1.165) is 5.69 Å². The molecule has 0 saturated heterocycles. The van der Waals surface area contributed by atoms with Crippen LogP contribution in [0, 0.1) is 0 Å². The molecule has 0 bridgehead atoms. The Morgan fingerprint density at radius 3 is 1.94 bits per heavy atom. The van der Waals surface area contributed by atoms with Crippen LogP contribution < -0.4 is 11.3 Å². The molecule has 1 aromatic heterocycles. The molecular formula is C15H26N2O. The van der Waals surface area contributed by atoms with Gasteiger partial charge in [-0.15, -0.1) is 0 Å². The van der Waals surface area contributed by atoms with Gasteiger partial charge in [-0.25, -0.2) is 0 Å². The van der Waals surface area contributed by atoms with Gasteiger partial charge < -0.3 is 10.3 Å². The molecule has 2 N–H and O–H groups in total. The predicted octanol–water partition coefficient (Wildman–Crippen LogP) is 2.92. The highest BCUT2D eigenvalue weighted by molar-refractivity contribution is 5.26. The lowest BCUT2D eigenvalue weighted by Crippen LogP contribution is -2.40. The third-order valence-electron chi connectivity index (χ3n) is 3.10. The van der Waals surface area contributed by atoms with Gasteiger partial charge >= 0.3 is 0 Å². The average Bonchev–Trinajstić information content (AvgIpc) is 2.12. The Bertz CT molecular complexity index is 485. The average molecular weight is 250 g/mol. The van der Waals surface area contributed by atoms with Gasteiger partial charge in [-0.05, 0) is 39.8 Å². The third kappa shape index (κ3) is 2.83. The maximum Gasteiger partial charge on any atom is 0.256 e. The topological polar surface area (TPSA) is 48.0 Å². The van der Waals surface area contributed by atoms with Crippen molar-refractivity contribution in [1.29, 1.82) is 0 Å². The first-order valence-electron chi connectivity index (χ1n) is 6.51. The number of aromatic nitrogens is 1. The Morgan fingerprint density at radius 2 is 1.61 bits per heavy atom. The van der Waals surface area contributed by atoms with E-state index in [4.69, 9.17) is 5.73 Å². The number of pyridine rings is 1. The minimum atomic E-state index is -0.607. The van der Waals surface area contributed by atoms with Crippen LogP contribution in [0.2, 0.25) is 0 Å². The number of rotatable bonds is 2. The fourth-order valence-corrected chi connectivity index (χ4v) is 2.17. The third-order valence-corrected chi connectivity index (χ3v) is 3.10. The second-order valence-corrected chi connectivity index (χ2v) is 6.87. The van der Waals surface area contributed by atoms with Crippen LogP contribution in [-0.2, 0) is 11.0 Å². The molecule has 0 aromatic carbocycles. The van der Waals surface area contributed by atoms with Crippen molar-refractivity contribution in [2.75, 3.05) is 0 Å². The fourth-order valence-electron chi connectivity index (χ4n) is 2.17. The number of nitrogens with zero attached hydrogens (tertiary/aromatic N) is 1. The highest BCUT2D eigenvalue weighted by atomic mass is 16.1. The van der Waals surface area contributed by atoms with Crippen molar-refractivity contribution in [3.63, 3.8) is 0 Å². The Balaban J connectivity index is 3.65. The van der Waals surface area contributed by atoms with Crippen molar-refractivity contribution in [3.05, 3.63) is 33.7 Å². The predicted molar refractivity (Wildman–Crippen MR) is 77.0 cm³/mol. The summed E-state index contributed by atoms with van der Waals surface area (Å²) in [7, 11) is 0. The van der Waals surface area contributed by atoms with Crippen LogP contribution in [0.25, 0.3) is 0 Å². The molecule has 1 aromatic rings. The summed E-state index contributed by atoms with van der Waals surface area (Å²) < 4.78 is 1.87. The van der Waals surface area contributed by atoms with E-state index in [1.807, 2.05) is 44.4 Å². The van der Waals surface area contributed by atoms with Gasteiger partial charge in [0.2, 0.25) is 0 Å². The Labute approximate surface area is 110 Å². The zero-order valence-corrected chi connectivity index (χ0v) is 12.7. The molecule has 3 nitrogen and oxygen atoms in total. The molecule has 0 aliphatic heterocycles. The maximum atomic E-state index is 12.6. The molecule has 0 saturated carbocycles. The smallest absolute Gasteiger partial charge is 0.256 e. The Kier molecular flexibility index (Phi) is 3.78. The van der Waals surface area contributed by atoms with E-state index < -0.39 is 5.54 Å². The molecule has 102 valence electrons. The maximum absolute atomic E-state index is 12.6. The quantitative estimate of drug-likeness (QED) is 0.877. The van der Waals surface area contributed by atoms with Gasteiger partial charge in [0, 0.05) is 28.3 Å².